The third kappa shape index (κ3) is 2.77. The Hall–Kier alpha value is -2.02. The van der Waals surface area contributed by atoms with Gasteiger partial charge < -0.3 is 4.90 Å². The molecule has 7 heteroatoms. The van der Waals surface area contributed by atoms with Gasteiger partial charge in [0.1, 0.15) is 17.8 Å². The predicted molar refractivity (Wildman–Crippen MR) is 78.3 cm³/mol. The lowest BCUT2D eigenvalue weighted by molar-refractivity contribution is 0.102. The molecular weight excluding hydrogens is 274 g/mol. The normalized spacial score (nSPS) is 14.6. The van der Waals surface area contributed by atoms with E-state index in [4.69, 9.17) is 0 Å². The van der Waals surface area contributed by atoms with Crippen molar-refractivity contribution in [1.82, 2.24) is 15.0 Å². The quantitative estimate of drug-likeness (QED) is 0.937. The number of anilines is 2. The molecule has 6 nitrogen and oxygen atoms in total. The molecule has 2 aromatic rings. The maximum atomic E-state index is 12.1. The number of thiazole rings is 1. The highest BCUT2D eigenvalue weighted by Crippen LogP contribution is 2.19. The number of carbonyl (C=O) groups excluding carboxylic acids is 1. The summed E-state index contributed by atoms with van der Waals surface area (Å²) in [5.74, 6) is 0.570. The number of aryl methyl sites for hydroxylation is 1. The van der Waals surface area contributed by atoms with Crippen LogP contribution in [-0.2, 0) is 0 Å². The van der Waals surface area contributed by atoms with Crippen molar-refractivity contribution in [3.05, 3.63) is 29.2 Å². The van der Waals surface area contributed by atoms with Crippen molar-refractivity contribution in [2.45, 2.75) is 19.8 Å². The smallest absolute Gasteiger partial charge is 0.276 e. The summed E-state index contributed by atoms with van der Waals surface area (Å²) in [4.78, 5) is 26.8. The minimum atomic E-state index is -0.248. The van der Waals surface area contributed by atoms with Crippen LogP contribution in [0.15, 0.2) is 17.8 Å². The van der Waals surface area contributed by atoms with Gasteiger partial charge in [-0.3, -0.25) is 10.1 Å². The van der Waals surface area contributed by atoms with E-state index in [1.165, 1.54) is 30.5 Å². The Bertz CT molecular complexity index is 621. The lowest BCUT2D eigenvalue weighted by atomic mass is 10.3. The molecule has 1 amide bonds. The highest BCUT2D eigenvalue weighted by Gasteiger charge is 2.16. The van der Waals surface area contributed by atoms with Gasteiger partial charge in [-0.25, -0.2) is 15.0 Å². The van der Waals surface area contributed by atoms with Crippen LogP contribution in [0.4, 0.5) is 10.9 Å². The van der Waals surface area contributed by atoms with E-state index in [1.54, 1.807) is 6.07 Å². The monoisotopic (exact) mass is 289 g/mol. The molecule has 0 aromatic carbocycles. The van der Waals surface area contributed by atoms with E-state index in [9.17, 15) is 4.79 Å². The maximum absolute atomic E-state index is 12.1. The number of nitrogens with one attached hydrogen (secondary N) is 1. The number of amides is 1. The topological polar surface area (TPSA) is 71.0 Å². The second-order valence-electron chi connectivity index (χ2n) is 4.70. The second-order valence-corrected chi connectivity index (χ2v) is 5.56. The third-order valence-electron chi connectivity index (χ3n) is 3.15. The summed E-state index contributed by atoms with van der Waals surface area (Å²) in [7, 11) is 0. The molecular formula is C13H15N5OS. The fraction of sp³-hybridized carbons (Fsp3) is 0.385. The zero-order valence-corrected chi connectivity index (χ0v) is 12.0. The van der Waals surface area contributed by atoms with E-state index in [0.29, 0.717) is 10.8 Å². The van der Waals surface area contributed by atoms with Crippen molar-refractivity contribution in [2.75, 3.05) is 23.3 Å². The molecule has 1 aliphatic heterocycles. The van der Waals surface area contributed by atoms with Crippen molar-refractivity contribution < 1.29 is 4.79 Å². The zero-order valence-electron chi connectivity index (χ0n) is 11.2. The third-order valence-corrected chi connectivity index (χ3v) is 4.03. The largest absolute Gasteiger partial charge is 0.357 e. The van der Waals surface area contributed by atoms with Crippen LogP contribution in [0.2, 0.25) is 0 Å². The first-order chi connectivity index (χ1) is 9.72. The van der Waals surface area contributed by atoms with Crippen molar-refractivity contribution in [3.8, 4) is 0 Å². The Morgan fingerprint density at radius 3 is 2.85 bits per heavy atom. The van der Waals surface area contributed by atoms with Crippen molar-refractivity contribution in [3.63, 3.8) is 0 Å². The van der Waals surface area contributed by atoms with E-state index in [1.807, 2.05) is 12.3 Å². The van der Waals surface area contributed by atoms with E-state index in [-0.39, 0.29) is 5.91 Å². The van der Waals surface area contributed by atoms with Crippen molar-refractivity contribution >= 4 is 28.2 Å². The van der Waals surface area contributed by atoms with Gasteiger partial charge in [-0.2, -0.15) is 0 Å². The fourth-order valence-electron chi connectivity index (χ4n) is 2.16. The molecule has 1 fully saturated rings. The van der Waals surface area contributed by atoms with Crippen LogP contribution in [-0.4, -0.2) is 33.9 Å². The molecule has 3 rings (SSSR count). The molecule has 0 unspecified atom stereocenters. The van der Waals surface area contributed by atoms with Gasteiger partial charge in [0.25, 0.3) is 5.91 Å². The van der Waals surface area contributed by atoms with Crippen molar-refractivity contribution in [2.24, 2.45) is 0 Å². The second kappa shape index (κ2) is 5.54. The number of aromatic nitrogens is 3. The summed E-state index contributed by atoms with van der Waals surface area (Å²) in [6.45, 7) is 3.87. The van der Waals surface area contributed by atoms with E-state index >= 15 is 0 Å². The summed E-state index contributed by atoms with van der Waals surface area (Å²) in [6.07, 6.45) is 3.78. The van der Waals surface area contributed by atoms with Gasteiger partial charge in [0, 0.05) is 24.5 Å². The molecule has 0 bridgehead atoms. The molecule has 0 aliphatic carbocycles. The Balaban J connectivity index is 1.75. The van der Waals surface area contributed by atoms with Crippen LogP contribution in [0.5, 0.6) is 0 Å². The van der Waals surface area contributed by atoms with Crippen molar-refractivity contribution in [1.29, 1.82) is 0 Å². The standard InChI is InChI=1S/C13H15N5OS/c1-9-7-20-13(16-9)17-12(19)10-6-11(15-8-14-10)18-4-2-3-5-18/h6-8H,2-5H2,1H3,(H,16,17,19). The Labute approximate surface area is 120 Å². The molecule has 0 atom stereocenters. The average molecular weight is 289 g/mol. The average Bonchev–Trinajstić information content (AvgIpc) is 3.11. The first-order valence-corrected chi connectivity index (χ1v) is 7.41. The summed E-state index contributed by atoms with van der Waals surface area (Å²) in [5, 5.41) is 5.24. The molecule has 1 N–H and O–H groups in total. The number of hydrogen-bond acceptors (Lipinski definition) is 6. The minimum absolute atomic E-state index is 0.248. The van der Waals surface area contributed by atoms with Crippen LogP contribution >= 0.6 is 11.3 Å². The summed E-state index contributed by atoms with van der Waals surface area (Å²) >= 11 is 1.41. The van der Waals surface area contributed by atoms with Crippen LogP contribution < -0.4 is 10.2 Å². The summed E-state index contributed by atoms with van der Waals surface area (Å²) in [5.41, 5.74) is 1.26. The zero-order chi connectivity index (χ0) is 13.9. The molecule has 0 radical (unpaired) electrons. The van der Waals surface area contributed by atoms with Gasteiger partial charge >= 0.3 is 0 Å². The number of carbonyl (C=O) groups is 1. The van der Waals surface area contributed by atoms with Gasteiger partial charge in [0.2, 0.25) is 0 Å². The van der Waals surface area contributed by atoms with E-state index in [2.05, 4.69) is 25.2 Å². The number of rotatable bonds is 3. The highest BCUT2D eigenvalue weighted by atomic mass is 32.1. The van der Waals surface area contributed by atoms with Crippen LogP contribution in [0.3, 0.4) is 0 Å². The first kappa shape index (κ1) is 13.0. The Kier molecular flexibility index (Phi) is 3.60. The molecule has 1 aliphatic rings. The molecule has 20 heavy (non-hydrogen) atoms. The lowest BCUT2D eigenvalue weighted by Crippen LogP contribution is -2.21. The van der Waals surface area contributed by atoms with E-state index < -0.39 is 0 Å². The summed E-state index contributed by atoms with van der Waals surface area (Å²) < 4.78 is 0. The number of nitrogens with zero attached hydrogens (tertiary/aromatic N) is 4. The Morgan fingerprint density at radius 2 is 2.15 bits per heavy atom. The minimum Gasteiger partial charge on any atom is -0.357 e. The van der Waals surface area contributed by atoms with Gasteiger partial charge in [-0.15, -0.1) is 11.3 Å². The number of hydrogen-bond donors (Lipinski definition) is 1. The SMILES string of the molecule is Cc1csc(NC(=O)c2cc(N3CCCC3)ncn2)n1. The van der Waals surface area contributed by atoms with Crippen LogP contribution in [0.1, 0.15) is 29.0 Å². The molecule has 3 heterocycles. The fourth-order valence-corrected chi connectivity index (χ4v) is 2.85. The first-order valence-electron chi connectivity index (χ1n) is 6.53. The van der Waals surface area contributed by atoms with Crippen LogP contribution in [0.25, 0.3) is 0 Å². The Morgan fingerprint density at radius 1 is 1.35 bits per heavy atom. The molecule has 2 aromatic heterocycles. The van der Waals surface area contributed by atoms with E-state index in [0.717, 1.165) is 24.6 Å². The maximum Gasteiger partial charge on any atom is 0.276 e. The molecule has 0 saturated carbocycles. The molecule has 1 saturated heterocycles. The molecule has 104 valence electrons. The van der Waals surface area contributed by atoms with Gasteiger partial charge in [-0.1, -0.05) is 0 Å². The highest BCUT2D eigenvalue weighted by molar-refractivity contribution is 7.13. The van der Waals surface area contributed by atoms with Crippen LogP contribution in [0, 0.1) is 6.92 Å². The predicted octanol–water partition coefficient (Wildman–Crippen LogP) is 2.09. The van der Waals surface area contributed by atoms with Gasteiger partial charge in [-0.05, 0) is 19.8 Å². The lowest BCUT2D eigenvalue weighted by Gasteiger charge is -2.16. The molecule has 0 spiro atoms. The van der Waals surface area contributed by atoms with Gasteiger partial charge in [0.05, 0.1) is 5.69 Å². The summed E-state index contributed by atoms with van der Waals surface area (Å²) in [6, 6.07) is 1.74. The van der Waals surface area contributed by atoms with Gasteiger partial charge in [0.15, 0.2) is 5.13 Å².